The zero-order valence-corrected chi connectivity index (χ0v) is 9.54. The van der Waals surface area contributed by atoms with E-state index in [1.807, 2.05) is 6.92 Å². The minimum atomic E-state index is 0.222. The van der Waals surface area contributed by atoms with Crippen LogP contribution in [-0.2, 0) is 4.79 Å². The topological polar surface area (TPSA) is 55.1 Å². The van der Waals surface area contributed by atoms with Gasteiger partial charge < -0.3 is 11.1 Å². The molecule has 0 aromatic carbocycles. The maximum absolute atomic E-state index is 11.7. The molecular formula is C12H22N2O. The number of carbonyl (C=O) groups excluding carboxylic acids is 1. The van der Waals surface area contributed by atoms with Gasteiger partial charge in [-0.2, -0.15) is 0 Å². The van der Waals surface area contributed by atoms with Gasteiger partial charge in [-0.05, 0) is 43.9 Å². The van der Waals surface area contributed by atoms with E-state index in [9.17, 15) is 4.79 Å². The molecule has 0 spiro atoms. The molecule has 0 aromatic heterocycles. The first kappa shape index (κ1) is 10.9. The summed E-state index contributed by atoms with van der Waals surface area (Å²) in [6.07, 6.45) is 5.86. The van der Waals surface area contributed by atoms with Gasteiger partial charge >= 0.3 is 0 Å². The molecule has 86 valence electrons. The van der Waals surface area contributed by atoms with Gasteiger partial charge in [-0.1, -0.05) is 6.92 Å². The summed E-state index contributed by atoms with van der Waals surface area (Å²) < 4.78 is 0. The largest absolute Gasteiger partial charge is 0.356 e. The van der Waals surface area contributed by atoms with Crippen LogP contribution >= 0.6 is 0 Å². The van der Waals surface area contributed by atoms with Crippen molar-refractivity contribution in [2.24, 2.45) is 23.5 Å². The second kappa shape index (κ2) is 4.52. The molecule has 2 fully saturated rings. The Morgan fingerprint density at radius 2 is 2.13 bits per heavy atom. The van der Waals surface area contributed by atoms with E-state index in [-0.39, 0.29) is 11.8 Å². The van der Waals surface area contributed by atoms with Crippen molar-refractivity contribution >= 4 is 5.91 Å². The molecular weight excluding hydrogens is 188 g/mol. The highest BCUT2D eigenvalue weighted by Gasteiger charge is 2.32. The minimum Gasteiger partial charge on any atom is -0.356 e. The Balaban J connectivity index is 1.66. The summed E-state index contributed by atoms with van der Waals surface area (Å²) in [6, 6.07) is 0.368. The Labute approximate surface area is 91.8 Å². The Morgan fingerprint density at radius 1 is 1.40 bits per heavy atom. The normalized spacial score (nSPS) is 32.7. The first-order chi connectivity index (χ1) is 7.16. The number of amides is 1. The third-order valence-electron chi connectivity index (χ3n) is 3.89. The summed E-state index contributed by atoms with van der Waals surface area (Å²) in [5.41, 5.74) is 5.84. The maximum Gasteiger partial charge on any atom is 0.223 e. The molecule has 3 nitrogen and oxygen atoms in total. The van der Waals surface area contributed by atoms with Crippen molar-refractivity contribution in [3.05, 3.63) is 0 Å². The molecule has 3 atom stereocenters. The molecule has 2 aliphatic rings. The lowest BCUT2D eigenvalue weighted by Crippen LogP contribution is -2.34. The highest BCUT2D eigenvalue weighted by atomic mass is 16.1. The summed E-state index contributed by atoms with van der Waals surface area (Å²) in [5.74, 6) is 1.75. The van der Waals surface area contributed by atoms with E-state index >= 15 is 0 Å². The molecule has 0 aliphatic heterocycles. The summed E-state index contributed by atoms with van der Waals surface area (Å²) >= 11 is 0. The average Bonchev–Trinajstić information content (AvgIpc) is 2.98. The lowest BCUT2D eigenvalue weighted by atomic mass is 10.0. The number of nitrogens with two attached hydrogens (primary N) is 1. The van der Waals surface area contributed by atoms with Crippen molar-refractivity contribution in [1.29, 1.82) is 0 Å². The zero-order valence-electron chi connectivity index (χ0n) is 9.54. The second-order valence-corrected chi connectivity index (χ2v) is 5.31. The van der Waals surface area contributed by atoms with Crippen molar-refractivity contribution in [2.75, 3.05) is 6.54 Å². The van der Waals surface area contributed by atoms with E-state index < -0.39 is 0 Å². The first-order valence-corrected chi connectivity index (χ1v) is 6.20. The SMILES string of the molecule is CC(C(=O)NCC1CCC(N)C1)C1CC1. The summed E-state index contributed by atoms with van der Waals surface area (Å²) in [5, 5.41) is 3.07. The van der Waals surface area contributed by atoms with Crippen molar-refractivity contribution in [3.63, 3.8) is 0 Å². The Kier molecular flexibility index (Phi) is 3.29. The van der Waals surface area contributed by atoms with Gasteiger partial charge in [-0.25, -0.2) is 0 Å². The number of hydrogen-bond acceptors (Lipinski definition) is 2. The van der Waals surface area contributed by atoms with Gasteiger partial charge in [-0.3, -0.25) is 4.79 Å². The Bertz CT molecular complexity index is 238. The molecule has 0 radical (unpaired) electrons. The molecule has 1 amide bonds. The van der Waals surface area contributed by atoms with Gasteiger partial charge in [0.2, 0.25) is 5.91 Å². The van der Waals surface area contributed by atoms with Gasteiger partial charge in [0.25, 0.3) is 0 Å². The van der Waals surface area contributed by atoms with Crippen LogP contribution in [0.4, 0.5) is 0 Å². The monoisotopic (exact) mass is 210 g/mol. The van der Waals surface area contributed by atoms with E-state index in [0.717, 1.165) is 19.4 Å². The smallest absolute Gasteiger partial charge is 0.223 e. The molecule has 0 bridgehead atoms. The fourth-order valence-corrected chi connectivity index (χ4v) is 2.52. The number of rotatable bonds is 4. The third-order valence-corrected chi connectivity index (χ3v) is 3.89. The molecule has 2 aliphatic carbocycles. The predicted octanol–water partition coefficient (Wildman–Crippen LogP) is 1.28. The third kappa shape index (κ3) is 2.94. The van der Waals surface area contributed by atoms with Crippen LogP contribution in [0.3, 0.4) is 0 Å². The van der Waals surface area contributed by atoms with Crippen LogP contribution in [0.25, 0.3) is 0 Å². The number of hydrogen-bond donors (Lipinski definition) is 2. The van der Waals surface area contributed by atoms with Crippen LogP contribution in [0.2, 0.25) is 0 Å². The molecule has 3 unspecified atom stereocenters. The summed E-state index contributed by atoms with van der Waals surface area (Å²) in [7, 11) is 0. The van der Waals surface area contributed by atoms with Gasteiger partial charge in [0.15, 0.2) is 0 Å². The van der Waals surface area contributed by atoms with Gasteiger partial charge in [-0.15, -0.1) is 0 Å². The average molecular weight is 210 g/mol. The van der Waals surface area contributed by atoms with Crippen LogP contribution in [0.1, 0.15) is 39.0 Å². The lowest BCUT2D eigenvalue weighted by Gasteiger charge is -2.14. The van der Waals surface area contributed by atoms with Crippen LogP contribution in [0.15, 0.2) is 0 Å². The number of carbonyl (C=O) groups is 1. The highest BCUT2D eigenvalue weighted by Crippen LogP contribution is 2.36. The van der Waals surface area contributed by atoms with E-state index in [0.29, 0.717) is 17.9 Å². The molecule has 2 rings (SSSR count). The van der Waals surface area contributed by atoms with Crippen molar-refractivity contribution in [3.8, 4) is 0 Å². The fraction of sp³-hybridized carbons (Fsp3) is 0.917. The predicted molar refractivity (Wildman–Crippen MR) is 60.2 cm³/mol. The lowest BCUT2D eigenvalue weighted by molar-refractivity contribution is -0.125. The number of nitrogens with one attached hydrogen (secondary N) is 1. The summed E-state index contributed by atoms with van der Waals surface area (Å²) in [6.45, 7) is 2.89. The van der Waals surface area contributed by atoms with Crippen molar-refractivity contribution < 1.29 is 4.79 Å². The molecule has 15 heavy (non-hydrogen) atoms. The molecule has 0 aromatic rings. The van der Waals surface area contributed by atoms with Crippen molar-refractivity contribution in [2.45, 2.75) is 45.1 Å². The van der Waals surface area contributed by atoms with Crippen LogP contribution in [0.5, 0.6) is 0 Å². The standard InChI is InChI=1S/C12H22N2O/c1-8(10-3-4-10)12(15)14-7-9-2-5-11(13)6-9/h8-11H,2-7,13H2,1H3,(H,14,15). The quantitative estimate of drug-likeness (QED) is 0.734. The first-order valence-electron chi connectivity index (χ1n) is 6.20. The Hall–Kier alpha value is -0.570. The zero-order chi connectivity index (χ0) is 10.8. The van der Waals surface area contributed by atoms with Gasteiger partial charge in [0.1, 0.15) is 0 Å². The van der Waals surface area contributed by atoms with Crippen LogP contribution < -0.4 is 11.1 Å². The van der Waals surface area contributed by atoms with Gasteiger partial charge in [0.05, 0.1) is 0 Å². The molecule has 3 heteroatoms. The van der Waals surface area contributed by atoms with Crippen molar-refractivity contribution in [1.82, 2.24) is 5.32 Å². The van der Waals surface area contributed by atoms with Crippen LogP contribution in [-0.4, -0.2) is 18.5 Å². The molecule has 2 saturated carbocycles. The van der Waals surface area contributed by atoms with Gasteiger partial charge in [0, 0.05) is 18.5 Å². The van der Waals surface area contributed by atoms with E-state index in [2.05, 4.69) is 5.32 Å². The van der Waals surface area contributed by atoms with E-state index in [1.165, 1.54) is 19.3 Å². The molecule has 0 saturated heterocycles. The Morgan fingerprint density at radius 3 is 2.67 bits per heavy atom. The highest BCUT2D eigenvalue weighted by molar-refractivity contribution is 5.78. The van der Waals surface area contributed by atoms with E-state index in [1.54, 1.807) is 0 Å². The van der Waals surface area contributed by atoms with Crippen LogP contribution in [0, 0.1) is 17.8 Å². The van der Waals surface area contributed by atoms with E-state index in [4.69, 9.17) is 5.73 Å². The maximum atomic E-state index is 11.7. The second-order valence-electron chi connectivity index (χ2n) is 5.31. The summed E-state index contributed by atoms with van der Waals surface area (Å²) in [4.78, 5) is 11.7. The minimum absolute atomic E-state index is 0.222. The molecule has 3 N–H and O–H groups in total. The fourth-order valence-electron chi connectivity index (χ4n) is 2.52. The molecule has 0 heterocycles.